The predicted octanol–water partition coefficient (Wildman–Crippen LogP) is 3.13. The third kappa shape index (κ3) is 2.85. The molecule has 0 heterocycles. The molecule has 19 heavy (non-hydrogen) atoms. The topological polar surface area (TPSA) is 15.3 Å². The Morgan fingerprint density at radius 2 is 1.79 bits per heavy atom. The lowest BCUT2D eigenvalue weighted by Gasteiger charge is -2.61. The van der Waals surface area contributed by atoms with Crippen LogP contribution in [-0.2, 0) is 0 Å². The van der Waals surface area contributed by atoms with E-state index < -0.39 is 0 Å². The molecule has 4 rings (SSSR count). The Hall–Kier alpha value is -0.0800. The molecule has 4 saturated carbocycles. The molecule has 0 aromatic carbocycles. The minimum atomic E-state index is 0.621. The van der Waals surface area contributed by atoms with Crippen molar-refractivity contribution in [2.75, 3.05) is 27.2 Å². The summed E-state index contributed by atoms with van der Waals surface area (Å²) in [5, 5.41) is 3.85. The van der Waals surface area contributed by atoms with Crippen molar-refractivity contribution in [1.82, 2.24) is 10.2 Å². The molecular formula is C17H32N2. The zero-order chi connectivity index (χ0) is 13.7. The lowest BCUT2D eigenvalue weighted by atomic mass is 9.44. The molecule has 0 aromatic rings. The van der Waals surface area contributed by atoms with Crippen LogP contribution in [-0.4, -0.2) is 38.1 Å². The molecule has 2 nitrogen and oxygen atoms in total. The van der Waals surface area contributed by atoms with Crippen molar-refractivity contribution in [3.05, 3.63) is 0 Å². The fourth-order valence-electron chi connectivity index (χ4n) is 6.14. The van der Waals surface area contributed by atoms with Gasteiger partial charge >= 0.3 is 0 Å². The molecule has 3 unspecified atom stereocenters. The zero-order valence-corrected chi connectivity index (χ0v) is 13.3. The fourth-order valence-corrected chi connectivity index (χ4v) is 6.14. The van der Waals surface area contributed by atoms with Crippen LogP contribution < -0.4 is 5.32 Å². The van der Waals surface area contributed by atoms with Gasteiger partial charge in [-0.1, -0.05) is 6.92 Å². The second-order valence-electron chi connectivity index (χ2n) is 8.82. The van der Waals surface area contributed by atoms with Crippen LogP contribution in [0, 0.1) is 22.7 Å². The molecule has 4 fully saturated rings. The van der Waals surface area contributed by atoms with Crippen molar-refractivity contribution in [2.45, 2.75) is 58.4 Å². The molecule has 0 amide bonds. The second kappa shape index (κ2) is 4.73. The molecule has 110 valence electrons. The average molecular weight is 264 g/mol. The van der Waals surface area contributed by atoms with E-state index in [4.69, 9.17) is 0 Å². The largest absolute Gasteiger partial charge is 0.312 e. The number of nitrogens with zero attached hydrogens (tertiary/aromatic N) is 1. The molecule has 0 spiro atoms. The van der Waals surface area contributed by atoms with Gasteiger partial charge in [-0.3, -0.25) is 0 Å². The van der Waals surface area contributed by atoms with Crippen LogP contribution in [0.15, 0.2) is 0 Å². The van der Waals surface area contributed by atoms with Crippen LogP contribution in [0.3, 0.4) is 0 Å². The summed E-state index contributed by atoms with van der Waals surface area (Å²) in [5.74, 6) is 2.11. The predicted molar refractivity (Wildman–Crippen MR) is 81.2 cm³/mol. The van der Waals surface area contributed by atoms with E-state index in [0.717, 1.165) is 18.4 Å². The first kappa shape index (κ1) is 13.9. The third-order valence-corrected chi connectivity index (χ3v) is 5.94. The minimum absolute atomic E-state index is 0.621. The molecule has 4 aliphatic rings. The van der Waals surface area contributed by atoms with Gasteiger partial charge in [0.25, 0.3) is 0 Å². The molecule has 4 aliphatic carbocycles. The van der Waals surface area contributed by atoms with Gasteiger partial charge in [-0.05, 0) is 82.2 Å². The summed E-state index contributed by atoms with van der Waals surface area (Å²) in [4.78, 5) is 2.29. The van der Waals surface area contributed by atoms with Crippen LogP contribution in [0.5, 0.6) is 0 Å². The molecule has 0 aliphatic heterocycles. The van der Waals surface area contributed by atoms with E-state index >= 15 is 0 Å². The maximum Gasteiger partial charge on any atom is 0.0166 e. The van der Waals surface area contributed by atoms with Gasteiger partial charge in [-0.15, -0.1) is 0 Å². The van der Waals surface area contributed by atoms with Gasteiger partial charge in [0, 0.05) is 19.1 Å². The third-order valence-electron chi connectivity index (χ3n) is 5.94. The van der Waals surface area contributed by atoms with Gasteiger partial charge in [0.15, 0.2) is 0 Å². The highest BCUT2D eigenvalue weighted by atomic mass is 15.1. The highest BCUT2D eigenvalue weighted by Crippen LogP contribution is 2.64. The molecule has 4 bridgehead atoms. The van der Waals surface area contributed by atoms with Gasteiger partial charge in [-0.25, -0.2) is 0 Å². The van der Waals surface area contributed by atoms with E-state index in [1.54, 1.807) is 6.42 Å². The molecule has 0 radical (unpaired) electrons. The number of hydrogen-bond donors (Lipinski definition) is 1. The smallest absolute Gasteiger partial charge is 0.0166 e. The van der Waals surface area contributed by atoms with Crippen molar-refractivity contribution in [3.8, 4) is 0 Å². The van der Waals surface area contributed by atoms with Crippen LogP contribution in [0.2, 0.25) is 0 Å². The summed E-state index contributed by atoms with van der Waals surface area (Å²) in [6, 6.07) is 0.621. The van der Waals surface area contributed by atoms with E-state index in [2.05, 4.69) is 38.2 Å². The normalized spacial score (nSPS) is 45.9. The summed E-state index contributed by atoms with van der Waals surface area (Å²) in [6.07, 6.45) is 9.12. The van der Waals surface area contributed by atoms with Crippen molar-refractivity contribution >= 4 is 0 Å². The molecular weight excluding hydrogens is 232 g/mol. The Morgan fingerprint density at radius 1 is 1.16 bits per heavy atom. The van der Waals surface area contributed by atoms with Gasteiger partial charge in [0.05, 0.1) is 0 Å². The number of hydrogen-bond acceptors (Lipinski definition) is 2. The van der Waals surface area contributed by atoms with Crippen molar-refractivity contribution in [1.29, 1.82) is 0 Å². The Labute approximate surface area is 119 Å². The standard InChI is InChI=1S/C17H32N2/c1-13(10-19(3)4)18-12-17-8-14-5-15(9-17)7-16(2,6-14)11-17/h13-15,18H,5-12H2,1-4H3. The first-order chi connectivity index (χ1) is 8.88. The van der Waals surface area contributed by atoms with Crippen molar-refractivity contribution < 1.29 is 0 Å². The van der Waals surface area contributed by atoms with Crippen molar-refractivity contribution in [2.24, 2.45) is 22.7 Å². The number of likely N-dealkylation sites (N-methyl/N-ethyl adjacent to an activating group) is 1. The fraction of sp³-hybridized carbons (Fsp3) is 1.00. The Bertz CT molecular complexity index is 322. The molecule has 1 N–H and O–H groups in total. The first-order valence-corrected chi connectivity index (χ1v) is 8.26. The number of nitrogens with one attached hydrogen (secondary N) is 1. The van der Waals surface area contributed by atoms with Gasteiger partial charge in [-0.2, -0.15) is 0 Å². The van der Waals surface area contributed by atoms with E-state index in [0.29, 0.717) is 16.9 Å². The molecule has 2 heteroatoms. The second-order valence-corrected chi connectivity index (χ2v) is 8.82. The van der Waals surface area contributed by atoms with E-state index in [1.807, 2.05) is 0 Å². The van der Waals surface area contributed by atoms with Gasteiger partial charge in [0.1, 0.15) is 0 Å². The molecule has 0 aromatic heterocycles. The highest BCUT2D eigenvalue weighted by molar-refractivity contribution is 5.06. The Morgan fingerprint density at radius 3 is 2.32 bits per heavy atom. The monoisotopic (exact) mass is 264 g/mol. The quantitative estimate of drug-likeness (QED) is 0.821. The summed E-state index contributed by atoms with van der Waals surface area (Å²) >= 11 is 0. The lowest BCUT2D eigenvalue weighted by molar-refractivity contribution is -0.101. The maximum absolute atomic E-state index is 3.85. The van der Waals surface area contributed by atoms with Crippen molar-refractivity contribution in [3.63, 3.8) is 0 Å². The average Bonchev–Trinajstić information content (AvgIpc) is 2.22. The summed E-state index contributed by atoms with van der Waals surface area (Å²) in [5.41, 5.74) is 1.34. The molecule has 0 saturated heterocycles. The zero-order valence-electron chi connectivity index (χ0n) is 13.3. The summed E-state index contributed by atoms with van der Waals surface area (Å²) in [6.45, 7) is 7.33. The van der Waals surface area contributed by atoms with E-state index in [9.17, 15) is 0 Å². The first-order valence-electron chi connectivity index (χ1n) is 8.26. The van der Waals surface area contributed by atoms with Crippen LogP contribution >= 0.6 is 0 Å². The minimum Gasteiger partial charge on any atom is -0.312 e. The van der Waals surface area contributed by atoms with Crippen LogP contribution in [0.25, 0.3) is 0 Å². The lowest BCUT2D eigenvalue weighted by Crippen LogP contribution is -2.55. The van der Waals surface area contributed by atoms with Gasteiger partial charge < -0.3 is 10.2 Å². The summed E-state index contributed by atoms with van der Waals surface area (Å²) < 4.78 is 0. The Kier molecular flexibility index (Phi) is 3.46. The summed E-state index contributed by atoms with van der Waals surface area (Å²) in [7, 11) is 4.34. The SMILES string of the molecule is CC(CN(C)C)NCC12CC3CC(CC(C)(C3)C1)C2. The van der Waals surface area contributed by atoms with Gasteiger partial charge in [0.2, 0.25) is 0 Å². The highest BCUT2D eigenvalue weighted by Gasteiger charge is 2.55. The van der Waals surface area contributed by atoms with Crippen LogP contribution in [0.1, 0.15) is 52.4 Å². The molecule has 3 atom stereocenters. The van der Waals surface area contributed by atoms with E-state index in [-0.39, 0.29) is 0 Å². The van der Waals surface area contributed by atoms with E-state index in [1.165, 1.54) is 38.6 Å². The number of rotatable bonds is 5. The Balaban J connectivity index is 1.61. The van der Waals surface area contributed by atoms with Crippen LogP contribution in [0.4, 0.5) is 0 Å². The maximum atomic E-state index is 3.85.